The molecule has 2 atom stereocenters. The zero-order chi connectivity index (χ0) is 25.7. The highest BCUT2D eigenvalue weighted by Gasteiger charge is 2.68. The van der Waals surface area contributed by atoms with Crippen LogP contribution in [0.2, 0.25) is 0 Å². The van der Waals surface area contributed by atoms with E-state index < -0.39 is 36.2 Å². The van der Waals surface area contributed by atoms with Crippen LogP contribution in [-0.4, -0.2) is 45.2 Å². The number of aromatic nitrogens is 4. The van der Waals surface area contributed by atoms with E-state index in [4.69, 9.17) is 9.47 Å². The van der Waals surface area contributed by atoms with Gasteiger partial charge in [-0.25, -0.2) is 19.0 Å². The van der Waals surface area contributed by atoms with Crippen molar-refractivity contribution >= 4 is 16.9 Å². The van der Waals surface area contributed by atoms with Crippen LogP contribution in [-0.2, 0) is 10.3 Å². The van der Waals surface area contributed by atoms with Crippen LogP contribution in [0.3, 0.4) is 0 Å². The van der Waals surface area contributed by atoms with Crippen molar-refractivity contribution in [2.45, 2.75) is 37.6 Å². The lowest BCUT2D eigenvalue weighted by Crippen LogP contribution is -2.67. The number of alkyl halides is 3. The lowest BCUT2D eigenvalue weighted by atomic mass is 9.75. The second kappa shape index (κ2) is 8.44. The van der Waals surface area contributed by atoms with Gasteiger partial charge in [-0.05, 0) is 44.2 Å². The summed E-state index contributed by atoms with van der Waals surface area (Å²) in [6.45, 7) is 2.54. The Hall–Kier alpha value is -3.73. The third-order valence-corrected chi connectivity index (χ3v) is 6.37. The van der Waals surface area contributed by atoms with Gasteiger partial charge in [-0.3, -0.25) is 0 Å². The molecule has 4 aromatic rings. The Kier molecular flexibility index (Phi) is 5.62. The van der Waals surface area contributed by atoms with Crippen molar-refractivity contribution in [3.8, 4) is 11.4 Å². The summed E-state index contributed by atoms with van der Waals surface area (Å²) in [6, 6.07) is 13.0. The van der Waals surface area contributed by atoms with E-state index in [0.717, 1.165) is 11.8 Å². The first-order valence-electron chi connectivity index (χ1n) is 11.2. The molecule has 1 fully saturated rings. The number of nitrogens with zero attached hydrogens (tertiary/aromatic N) is 4. The number of aryl methyl sites for hydroxylation is 1. The first-order chi connectivity index (χ1) is 17.1. The maximum atomic E-state index is 14.3. The monoisotopic (exact) mass is 501 g/mol. The number of hydrogen-bond acceptors (Lipinski definition) is 6. The van der Waals surface area contributed by atoms with E-state index in [2.05, 4.69) is 20.4 Å². The molecule has 11 heteroatoms. The maximum Gasteiger partial charge on any atom is 0.419 e. The van der Waals surface area contributed by atoms with E-state index in [-0.39, 0.29) is 17.1 Å². The SMILES string of the molecule is COc1ccc(F)cc1C1(C)CC(CNc2nc(C)nc3c2cnn3-c2ccccc2)(C(F)(F)F)O1. The van der Waals surface area contributed by atoms with Gasteiger partial charge in [0, 0.05) is 12.0 Å². The van der Waals surface area contributed by atoms with Crippen LogP contribution < -0.4 is 10.1 Å². The van der Waals surface area contributed by atoms with Gasteiger partial charge in [-0.1, -0.05) is 18.2 Å². The third kappa shape index (κ3) is 3.93. The molecule has 7 nitrogen and oxygen atoms in total. The van der Waals surface area contributed by atoms with E-state index in [1.165, 1.54) is 32.4 Å². The van der Waals surface area contributed by atoms with Crippen molar-refractivity contribution in [2.75, 3.05) is 19.0 Å². The van der Waals surface area contributed by atoms with Crippen molar-refractivity contribution in [3.05, 3.63) is 71.9 Å². The summed E-state index contributed by atoms with van der Waals surface area (Å²) in [4.78, 5) is 8.75. The molecule has 0 saturated carbocycles. The summed E-state index contributed by atoms with van der Waals surface area (Å²) in [5.74, 6) is 0.244. The minimum absolute atomic E-state index is 0.212. The summed E-state index contributed by atoms with van der Waals surface area (Å²) in [6.07, 6.45) is -3.63. The molecule has 1 aliphatic heterocycles. The zero-order valence-electron chi connectivity index (χ0n) is 19.7. The summed E-state index contributed by atoms with van der Waals surface area (Å²) in [5.41, 5.74) is -2.47. The number of ether oxygens (including phenoxy) is 2. The third-order valence-electron chi connectivity index (χ3n) is 6.37. The normalized spacial score (nSPS) is 21.9. The number of fused-ring (bicyclic) bond motifs is 1. The molecule has 0 aliphatic carbocycles. The lowest BCUT2D eigenvalue weighted by Gasteiger charge is -2.55. The fourth-order valence-corrected chi connectivity index (χ4v) is 4.70. The molecular formula is C25H23F4N5O2. The molecule has 1 aliphatic rings. The number of benzene rings is 2. The first kappa shape index (κ1) is 24.0. The van der Waals surface area contributed by atoms with Gasteiger partial charge < -0.3 is 14.8 Å². The molecule has 0 bridgehead atoms. The number of rotatable bonds is 6. The predicted molar refractivity (Wildman–Crippen MR) is 125 cm³/mol. The zero-order valence-corrected chi connectivity index (χ0v) is 19.7. The topological polar surface area (TPSA) is 74.1 Å². The van der Waals surface area contributed by atoms with E-state index in [1.54, 1.807) is 11.6 Å². The molecule has 0 radical (unpaired) electrons. The highest BCUT2D eigenvalue weighted by atomic mass is 19.4. The van der Waals surface area contributed by atoms with Crippen molar-refractivity contribution in [1.82, 2.24) is 19.7 Å². The highest BCUT2D eigenvalue weighted by Crippen LogP contribution is 2.57. The van der Waals surface area contributed by atoms with Gasteiger partial charge in [0.15, 0.2) is 11.2 Å². The Morgan fingerprint density at radius 2 is 1.86 bits per heavy atom. The molecule has 36 heavy (non-hydrogen) atoms. The summed E-state index contributed by atoms with van der Waals surface area (Å²) in [7, 11) is 1.37. The number of halogens is 4. The van der Waals surface area contributed by atoms with Gasteiger partial charge in [-0.15, -0.1) is 0 Å². The summed E-state index contributed by atoms with van der Waals surface area (Å²) in [5, 5.41) is 7.64. The molecule has 5 rings (SSSR count). The van der Waals surface area contributed by atoms with Crippen LogP contribution in [0.5, 0.6) is 5.75 Å². The molecule has 188 valence electrons. The molecule has 2 aromatic heterocycles. The van der Waals surface area contributed by atoms with Gasteiger partial charge in [0.1, 0.15) is 23.2 Å². The minimum atomic E-state index is -4.70. The van der Waals surface area contributed by atoms with Crippen molar-refractivity contribution in [3.63, 3.8) is 0 Å². The van der Waals surface area contributed by atoms with E-state index in [0.29, 0.717) is 16.9 Å². The smallest absolute Gasteiger partial charge is 0.419 e. The number of methoxy groups -OCH3 is 1. The second-order valence-electron chi connectivity index (χ2n) is 8.95. The van der Waals surface area contributed by atoms with Crippen LogP contribution in [0.25, 0.3) is 16.7 Å². The Balaban J connectivity index is 1.45. The van der Waals surface area contributed by atoms with E-state index in [9.17, 15) is 17.6 Å². The second-order valence-corrected chi connectivity index (χ2v) is 8.95. The van der Waals surface area contributed by atoms with Crippen LogP contribution in [0.1, 0.15) is 24.7 Å². The Morgan fingerprint density at radius 3 is 2.53 bits per heavy atom. The minimum Gasteiger partial charge on any atom is -0.496 e. The van der Waals surface area contributed by atoms with Crippen molar-refractivity contribution < 1.29 is 27.0 Å². The number of nitrogens with one attached hydrogen (secondary N) is 1. The molecule has 0 amide bonds. The summed E-state index contributed by atoms with van der Waals surface area (Å²) >= 11 is 0. The Labute approximate surface area is 204 Å². The molecule has 3 heterocycles. The van der Waals surface area contributed by atoms with Gasteiger partial charge in [0.2, 0.25) is 0 Å². The van der Waals surface area contributed by atoms with Gasteiger partial charge in [0.05, 0.1) is 36.5 Å². The number of anilines is 1. The largest absolute Gasteiger partial charge is 0.496 e. The highest BCUT2D eigenvalue weighted by molar-refractivity contribution is 5.87. The van der Waals surface area contributed by atoms with E-state index in [1.807, 2.05) is 30.3 Å². The quantitative estimate of drug-likeness (QED) is 0.361. The van der Waals surface area contributed by atoms with Gasteiger partial charge in [-0.2, -0.15) is 18.3 Å². The molecule has 0 spiro atoms. The Bertz CT molecular complexity index is 1420. The maximum absolute atomic E-state index is 14.3. The number of hydrogen-bond donors (Lipinski definition) is 1. The van der Waals surface area contributed by atoms with E-state index >= 15 is 0 Å². The van der Waals surface area contributed by atoms with Crippen LogP contribution >= 0.6 is 0 Å². The fourth-order valence-electron chi connectivity index (χ4n) is 4.70. The Morgan fingerprint density at radius 1 is 1.14 bits per heavy atom. The standard InChI is InChI=1S/C25H23F4N5O2/c1-15-32-21(18-12-31-34(22(18)33-15)17-7-5-4-6-8-17)30-14-24(25(27,28)29)13-23(2,36-24)19-11-16(26)9-10-20(19)35-3/h4-12H,13-14H2,1-3H3,(H,30,32,33). The van der Waals surface area contributed by atoms with Gasteiger partial charge >= 0.3 is 6.18 Å². The summed E-state index contributed by atoms with van der Waals surface area (Å²) < 4.78 is 69.2. The predicted octanol–water partition coefficient (Wildman–Crippen LogP) is 5.32. The van der Waals surface area contributed by atoms with Crippen molar-refractivity contribution in [1.29, 1.82) is 0 Å². The lowest BCUT2D eigenvalue weighted by molar-refractivity contribution is -0.380. The molecular weight excluding hydrogens is 478 g/mol. The average Bonchev–Trinajstić information content (AvgIpc) is 3.24. The van der Waals surface area contributed by atoms with Crippen LogP contribution in [0, 0.1) is 12.7 Å². The molecule has 2 aromatic carbocycles. The average molecular weight is 501 g/mol. The molecule has 1 N–H and O–H groups in total. The van der Waals surface area contributed by atoms with Crippen molar-refractivity contribution in [2.24, 2.45) is 0 Å². The number of para-hydroxylation sites is 1. The molecule has 1 saturated heterocycles. The van der Waals surface area contributed by atoms with Crippen LogP contribution in [0.4, 0.5) is 23.4 Å². The molecule has 2 unspecified atom stereocenters. The van der Waals surface area contributed by atoms with Crippen LogP contribution in [0.15, 0.2) is 54.7 Å². The van der Waals surface area contributed by atoms with Gasteiger partial charge in [0.25, 0.3) is 0 Å². The first-order valence-corrected chi connectivity index (χ1v) is 11.2. The fraction of sp³-hybridized carbons (Fsp3) is 0.320.